The molecule has 0 unspecified atom stereocenters. The fourth-order valence-electron chi connectivity index (χ4n) is 5.39. The number of nitrogens with one attached hydrogen (secondary N) is 1. The van der Waals surface area contributed by atoms with Crippen molar-refractivity contribution < 1.29 is 20.5 Å². The number of ether oxygens (including phenoxy) is 1. The van der Waals surface area contributed by atoms with E-state index in [1.807, 2.05) is 110 Å². The van der Waals surface area contributed by atoms with E-state index in [4.69, 9.17) is 4.74 Å². The average Bonchev–Trinajstić information content (AvgIpc) is 3.06. The molecular weight excluding hydrogens is 558 g/mol. The minimum atomic E-state index is -0.731. The number of carbonyl (C=O) groups excluding carboxylic acids is 3. The molecule has 3 aromatic carbocycles. The van der Waals surface area contributed by atoms with Gasteiger partial charge in [0.2, 0.25) is 5.91 Å². The quantitative estimate of drug-likeness (QED) is 0.202. The van der Waals surface area contributed by atoms with Crippen LogP contribution < -0.4 is 5.32 Å². The first-order valence-electron chi connectivity index (χ1n) is 14.3. The van der Waals surface area contributed by atoms with E-state index in [9.17, 15) is 14.4 Å². The molecule has 0 spiro atoms. The Balaban J connectivity index is 0.00000384. The van der Waals surface area contributed by atoms with Crippen molar-refractivity contribution in [2.24, 2.45) is 0 Å². The van der Waals surface area contributed by atoms with E-state index >= 15 is 0 Å². The normalized spacial score (nSPS) is 17.7. The second-order valence-corrected chi connectivity index (χ2v) is 11.5. The Morgan fingerprint density at radius 2 is 1.58 bits per heavy atom. The molecule has 0 aliphatic carbocycles. The first-order valence-corrected chi connectivity index (χ1v) is 15.4. The van der Waals surface area contributed by atoms with Crippen LogP contribution in [-0.4, -0.2) is 44.8 Å². The largest absolute Gasteiger partial charge is 0.448 e. The van der Waals surface area contributed by atoms with Gasteiger partial charge in [-0.3, -0.25) is 19.5 Å². The summed E-state index contributed by atoms with van der Waals surface area (Å²) in [7, 11) is 0. The first-order chi connectivity index (χ1) is 21.0. The molecule has 1 aromatic heterocycles. The molecule has 0 bridgehead atoms. The van der Waals surface area contributed by atoms with E-state index in [0.717, 1.165) is 34.4 Å². The Hall–Kier alpha value is -4.69. The Morgan fingerprint density at radius 1 is 0.953 bits per heavy atom. The third kappa shape index (κ3) is 5.96. The van der Waals surface area contributed by atoms with Crippen molar-refractivity contribution in [1.82, 2.24) is 15.2 Å². The number of nitrogens with zero attached hydrogens (tertiary/aromatic N) is 2. The number of aromatic nitrogens is 1. The lowest BCUT2D eigenvalue weighted by molar-refractivity contribution is -0.154. The topological polar surface area (TPSA) is 88.6 Å². The van der Waals surface area contributed by atoms with E-state index in [1.54, 1.807) is 6.20 Å². The van der Waals surface area contributed by atoms with E-state index in [-0.39, 0.29) is 25.4 Å². The summed E-state index contributed by atoms with van der Waals surface area (Å²) in [5.41, 5.74) is 5.08. The van der Waals surface area contributed by atoms with Crippen LogP contribution in [0.1, 0.15) is 42.4 Å². The minimum Gasteiger partial charge on any atom is -0.448 e. The zero-order valence-electron chi connectivity index (χ0n) is 23.7. The van der Waals surface area contributed by atoms with Crippen LogP contribution in [0.15, 0.2) is 115 Å². The molecule has 2 atom stereocenters. The molecule has 2 amide bonds. The number of hydrogen-bond donors (Lipinski definition) is 1. The van der Waals surface area contributed by atoms with Crippen molar-refractivity contribution in [3.05, 3.63) is 143 Å². The Morgan fingerprint density at radius 3 is 2.16 bits per heavy atom. The number of carbonyl (C=O) groups is 3. The zero-order chi connectivity index (χ0) is 29.8. The van der Waals surface area contributed by atoms with Crippen molar-refractivity contribution in [2.45, 2.75) is 37.3 Å². The minimum absolute atomic E-state index is 0. The summed E-state index contributed by atoms with van der Waals surface area (Å²) in [6.45, 7) is 2.03. The third-order valence-corrected chi connectivity index (χ3v) is 8.93. The first kappa shape index (κ1) is 28.4. The van der Waals surface area contributed by atoms with Crippen LogP contribution in [0, 0.1) is 0 Å². The number of rotatable bonds is 9. The molecular formula is C35H33N3O4S. The van der Waals surface area contributed by atoms with Gasteiger partial charge in [-0.25, -0.2) is 4.79 Å². The highest BCUT2D eigenvalue weighted by atomic mass is 32.2. The van der Waals surface area contributed by atoms with Crippen LogP contribution >= 0.6 is 11.8 Å². The lowest BCUT2D eigenvalue weighted by Crippen LogP contribution is -2.70. The van der Waals surface area contributed by atoms with Crippen molar-refractivity contribution in [2.75, 3.05) is 5.75 Å². The second-order valence-electron chi connectivity index (χ2n) is 10.4. The Bertz CT molecular complexity index is 1610. The molecule has 6 rings (SSSR count). The summed E-state index contributed by atoms with van der Waals surface area (Å²) < 4.78 is 6.25. The molecule has 2 aliphatic heterocycles. The average molecular weight is 592 g/mol. The van der Waals surface area contributed by atoms with Gasteiger partial charge in [0.15, 0.2) is 6.10 Å². The molecule has 1 N–H and O–H groups in total. The Kier molecular flexibility index (Phi) is 8.38. The van der Waals surface area contributed by atoms with Crippen LogP contribution in [0.3, 0.4) is 0 Å². The van der Waals surface area contributed by atoms with E-state index in [1.165, 1.54) is 16.7 Å². The van der Waals surface area contributed by atoms with Crippen LogP contribution in [0.2, 0.25) is 0 Å². The second kappa shape index (κ2) is 12.7. The summed E-state index contributed by atoms with van der Waals surface area (Å²) in [6.07, 6.45) is 2.03. The maximum Gasteiger partial charge on any atom is 0.356 e. The van der Waals surface area contributed by atoms with Gasteiger partial charge in [-0.15, -0.1) is 11.8 Å². The van der Waals surface area contributed by atoms with Gasteiger partial charge in [0.05, 0.1) is 6.42 Å². The number of benzene rings is 3. The fraction of sp³-hybridized carbons (Fsp3) is 0.200. The molecule has 1 fully saturated rings. The smallest absolute Gasteiger partial charge is 0.356 e. The lowest BCUT2D eigenvalue weighted by atomic mass is 9.98. The Labute approximate surface area is 256 Å². The van der Waals surface area contributed by atoms with Gasteiger partial charge in [-0.2, -0.15) is 0 Å². The highest BCUT2D eigenvalue weighted by Crippen LogP contribution is 2.44. The van der Waals surface area contributed by atoms with Crippen LogP contribution in [0.4, 0.5) is 0 Å². The fourth-order valence-corrected chi connectivity index (χ4v) is 6.77. The standard InChI is InChI=1S/C35H31N3O4S.H2/c1-2-27-19-18-26(21-36-27)28-22-43-34-30(37-29(39)20-23-12-6-3-7-13-23)33(40)38(34)31(28)35(41)42-32(24-14-8-4-9-15-24)25-16-10-5-11-17-25;/h3-19,21,30,32,34H,2,20,22H2,1H3,(H,37,39);1H/t30-,34-;/m1./s1. The molecule has 7 nitrogen and oxygen atoms in total. The SMILES string of the molecule is CCc1ccc(C2=C(C(=O)OC(c3ccccc3)c3ccccc3)N3C(=O)[C@@H](NC(=O)Cc4ccccc4)[C@H]3SC2)cn1.[HH]. The van der Waals surface area contributed by atoms with Crippen LogP contribution in [0.5, 0.6) is 0 Å². The van der Waals surface area contributed by atoms with Gasteiger partial charge in [0, 0.05) is 24.6 Å². The highest BCUT2D eigenvalue weighted by molar-refractivity contribution is 8.00. The van der Waals surface area contributed by atoms with Gasteiger partial charge in [-0.05, 0) is 34.7 Å². The lowest BCUT2D eigenvalue weighted by Gasteiger charge is -2.50. The van der Waals surface area contributed by atoms with Gasteiger partial charge in [-0.1, -0.05) is 104 Å². The molecule has 3 heterocycles. The molecule has 8 heteroatoms. The number of β-lactam (4-membered cyclic amide) rings is 1. The molecule has 2 aliphatic rings. The van der Waals surface area contributed by atoms with Gasteiger partial charge >= 0.3 is 5.97 Å². The monoisotopic (exact) mass is 591 g/mol. The van der Waals surface area contributed by atoms with Gasteiger partial charge in [0.1, 0.15) is 17.1 Å². The molecule has 218 valence electrons. The van der Waals surface area contributed by atoms with E-state index in [0.29, 0.717) is 11.3 Å². The van der Waals surface area contributed by atoms with Crippen molar-refractivity contribution in [1.29, 1.82) is 0 Å². The highest BCUT2D eigenvalue weighted by Gasteiger charge is 2.54. The number of thioether (sulfide) groups is 1. The predicted molar refractivity (Wildman–Crippen MR) is 169 cm³/mol. The van der Waals surface area contributed by atoms with Gasteiger partial charge in [0.25, 0.3) is 5.91 Å². The molecule has 0 radical (unpaired) electrons. The number of esters is 1. The third-order valence-electron chi connectivity index (χ3n) is 7.65. The predicted octanol–water partition coefficient (Wildman–Crippen LogP) is 5.58. The van der Waals surface area contributed by atoms with Crippen molar-refractivity contribution in [3.63, 3.8) is 0 Å². The summed E-state index contributed by atoms with van der Waals surface area (Å²) in [6, 6.07) is 31.6. The number of pyridine rings is 1. The molecule has 0 saturated carbocycles. The molecule has 4 aromatic rings. The van der Waals surface area contributed by atoms with Crippen molar-refractivity contribution in [3.8, 4) is 0 Å². The summed E-state index contributed by atoms with van der Waals surface area (Å²) in [4.78, 5) is 46.7. The zero-order valence-corrected chi connectivity index (χ0v) is 24.5. The van der Waals surface area contributed by atoms with Crippen LogP contribution in [0.25, 0.3) is 5.57 Å². The van der Waals surface area contributed by atoms with E-state index in [2.05, 4.69) is 10.3 Å². The number of fused-ring (bicyclic) bond motifs is 1. The summed E-state index contributed by atoms with van der Waals surface area (Å²) >= 11 is 1.52. The number of aryl methyl sites for hydroxylation is 1. The maximum absolute atomic E-state index is 14.2. The number of amides is 2. The van der Waals surface area contributed by atoms with Crippen molar-refractivity contribution >= 4 is 35.1 Å². The number of hydrogen-bond acceptors (Lipinski definition) is 6. The molecule has 43 heavy (non-hydrogen) atoms. The summed E-state index contributed by atoms with van der Waals surface area (Å²) in [5.74, 6) is -0.716. The maximum atomic E-state index is 14.2. The molecule has 1 saturated heterocycles. The van der Waals surface area contributed by atoms with E-state index < -0.39 is 23.5 Å². The van der Waals surface area contributed by atoms with Crippen LogP contribution in [-0.2, 0) is 32.0 Å². The van der Waals surface area contributed by atoms with Gasteiger partial charge < -0.3 is 10.1 Å². The summed E-state index contributed by atoms with van der Waals surface area (Å²) in [5, 5.41) is 2.47.